The quantitative estimate of drug-likeness (QED) is 0.246. The molecule has 0 aliphatic rings. The number of aryl methyl sites for hydroxylation is 1. The molecule has 0 amide bonds. The van der Waals surface area contributed by atoms with Crippen molar-refractivity contribution in [3.63, 3.8) is 0 Å². The minimum atomic E-state index is 1.14. The fraction of sp³-hybridized carbons (Fsp3) is 0.0286. The number of fused-ring (bicyclic) bond motifs is 4. The summed E-state index contributed by atoms with van der Waals surface area (Å²) in [5, 5.41) is 4.98. The van der Waals surface area contributed by atoms with Crippen LogP contribution >= 0.6 is 0 Å². The van der Waals surface area contributed by atoms with Gasteiger partial charge in [-0.1, -0.05) is 97.1 Å². The van der Waals surface area contributed by atoms with Crippen LogP contribution in [-0.2, 0) is 0 Å². The van der Waals surface area contributed by atoms with Gasteiger partial charge in [0.15, 0.2) is 0 Å². The van der Waals surface area contributed by atoms with Gasteiger partial charge in [0.25, 0.3) is 0 Å². The van der Waals surface area contributed by atoms with E-state index in [4.69, 9.17) is 0 Å². The van der Waals surface area contributed by atoms with E-state index >= 15 is 0 Å². The maximum atomic E-state index is 2.43. The molecule has 0 aliphatic carbocycles. The predicted molar refractivity (Wildman–Crippen MR) is 158 cm³/mol. The number of rotatable bonds is 4. The summed E-state index contributed by atoms with van der Waals surface area (Å²) in [6.07, 6.45) is 0. The lowest BCUT2D eigenvalue weighted by Crippen LogP contribution is -2.11. The molecule has 1 aromatic heterocycles. The highest BCUT2D eigenvalue weighted by Gasteiger charge is 2.21. The summed E-state index contributed by atoms with van der Waals surface area (Å²) < 4.78 is 2.43. The van der Waals surface area contributed by atoms with Crippen LogP contribution in [0.25, 0.3) is 38.3 Å². The number of hydrogen-bond acceptors (Lipinski definition) is 1. The van der Waals surface area contributed by atoms with Crippen LogP contribution in [0.5, 0.6) is 0 Å². The largest absolute Gasteiger partial charge is 0.310 e. The van der Waals surface area contributed by atoms with Crippen LogP contribution in [0.3, 0.4) is 0 Å². The van der Waals surface area contributed by atoms with Crippen molar-refractivity contribution in [1.82, 2.24) is 4.57 Å². The van der Waals surface area contributed by atoms with E-state index in [0.29, 0.717) is 0 Å². The molecule has 0 radical (unpaired) electrons. The molecule has 1 heterocycles. The summed E-state index contributed by atoms with van der Waals surface area (Å²) in [6, 6.07) is 50.0. The third kappa shape index (κ3) is 3.41. The van der Waals surface area contributed by atoms with Gasteiger partial charge in [0, 0.05) is 27.5 Å². The summed E-state index contributed by atoms with van der Waals surface area (Å²) in [4.78, 5) is 2.40. The summed E-state index contributed by atoms with van der Waals surface area (Å²) in [5.74, 6) is 0. The van der Waals surface area contributed by atoms with Crippen LogP contribution in [0.4, 0.5) is 17.1 Å². The first-order valence-electron chi connectivity index (χ1n) is 12.7. The standard InChI is InChI=1S/C35H26N2/c1-25-13-5-9-20-30(25)36(27-16-3-2-4-17-27)33-23-12-24-34-35(33)29-19-8-10-21-32(29)37(34)31-22-11-15-26-14-6-7-18-28(26)31/h2-24H,1H3. The smallest absolute Gasteiger partial charge is 0.0562 e. The first-order chi connectivity index (χ1) is 18.3. The molecule has 37 heavy (non-hydrogen) atoms. The number of para-hydroxylation sites is 3. The van der Waals surface area contributed by atoms with Gasteiger partial charge in [-0.05, 0) is 60.3 Å². The summed E-state index contributed by atoms with van der Waals surface area (Å²) >= 11 is 0. The van der Waals surface area contributed by atoms with E-state index in [1.807, 2.05) is 0 Å². The number of hydrogen-bond donors (Lipinski definition) is 0. The Balaban J connectivity index is 1.61. The van der Waals surface area contributed by atoms with Crippen LogP contribution in [0.15, 0.2) is 140 Å². The Bertz CT molecular complexity index is 1890. The average Bonchev–Trinajstić information content (AvgIpc) is 3.29. The lowest BCUT2D eigenvalue weighted by molar-refractivity contribution is 1.19. The highest BCUT2D eigenvalue weighted by molar-refractivity contribution is 6.17. The highest BCUT2D eigenvalue weighted by atomic mass is 15.1. The minimum absolute atomic E-state index is 1.14. The molecule has 2 heteroatoms. The van der Waals surface area contributed by atoms with Gasteiger partial charge >= 0.3 is 0 Å². The fourth-order valence-corrected chi connectivity index (χ4v) is 5.65. The Labute approximate surface area is 216 Å². The fourth-order valence-electron chi connectivity index (χ4n) is 5.65. The van der Waals surface area contributed by atoms with E-state index in [1.54, 1.807) is 0 Å². The Morgan fingerprint density at radius 3 is 1.97 bits per heavy atom. The second-order valence-corrected chi connectivity index (χ2v) is 9.48. The Kier molecular flexibility index (Phi) is 5.04. The number of aromatic nitrogens is 1. The van der Waals surface area contributed by atoms with E-state index in [-0.39, 0.29) is 0 Å². The SMILES string of the molecule is Cc1ccccc1N(c1ccccc1)c1cccc2c1c1ccccc1n2-c1cccc2ccccc12. The van der Waals surface area contributed by atoms with Crippen molar-refractivity contribution in [3.8, 4) is 5.69 Å². The minimum Gasteiger partial charge on any atom is -0.310 e. The molecule has 0 spiro atoms. The van der Waals surface area contributed by atoms with Crippen molar-refractivity contribution in [2.24, 2.45) is 0 Å². The molecule has 176 valence electrons. The first kappa shape index (κ1) is 21.5. The predicted octanol–water partition coefficient (Wildman–Crippen LogP) is 9.72. The molecule has 0 atom stereocenters. The summed E-state index contributed by atoms with van der Waals surface area (Å²) in [7, 11) is 0. The van der Waals surface area contributed by atoms with Gasteiger partial charge in [0.1, 0.15) is 0 Å². The molecule has 0 saturated heterocycles. The second kappa shape index (κ2) is 8.69. The molecule has 7 aromatic rings. The van der Waals surface area contributed by atoms with Gasteiger partial charge in [-0.3, -0.25) is 0 Å². The first-order valence-corrected chi connectivity index (χ1v) is 12.7. The van der Waals surface area contributed by atoms with Crippen LogP contribution in [-0.4, -0.2) is 4.57 Å². The van der Waals surface area contributed by atoms with Crippen molar-refractivity contribution >= 4 is 49.6 Å². The summed E-state index contributed by atoms with van der Waals surface area (Å²) in [5.41, 5.74) is 8.34. The molecule has 0 aliphatic heterocycles. The Hall–Kier alpha value is -4.82. The van der Waals surface area contributed by atoms with Crippen molar-refractivity contribution in [2.75, 3.05) is 4.90 Å². The van der Waals surface area contributed by atoms with Crippen LogP contribution in [0, 0.1) is 6.92 Å². The third-order valence-electron chi connectivity index (χ3n) is 7.29. The molecule has 0 unspecified atom stereocenters. The molecule has 0 N–H and O–H groups in total. The number of anilines is 3. The van der Waals surface area contributed by atoms with Crippen molar-refractivity contribution in [1.29, 1.82) is 0 Å². The van der Waals surface area contributed by atoms with E-state index in [9.17, 15) is 0 Å². The van der Waals surface area contributed by atoms with Crippen LogP contribution < -0.4 is 4.90 Å². The zero-order valence-corrected chi connectivity index (χ0v) is 20.7. The topological polar surface area (TPSA) is 8.17 Å². The summed E-state index contributed by atoms with van der Waals surface area (Å²) in [6.45, 7) is 2.19. The average molecular weight is 475 g/mol. The Morgan fingerprint density at radius 1 is 0.486 bits per heavy atom. The molecule has 7 rings (SSSR count). The molecule has 0 fully saturated rings. The molecule has 2 nitrogen and oxygen atoms in total. The number of benzene rings is 6. The van der Waals surface area contributed by atoms with E-state index in [1.165, 1.54) is 55.2 Å². The van der Waals surface area contributed by atoms with Crippen molar-refractivity contribution < 1.29 is 0 Å². The maximum absolute atomic E-state index is 2.43. The third-order valence-corrected chi connectivity index (χ3v) is 7.29. The van der Waals surface area contributed by atoms with Gasteiger partial charge in [-0.15, -0.1) is 0 Å². The van der Waals surface area contributed by atoms with Gasteiger partial charge in [-0.25, -0.2) is 0 Å². The monoisotopic (exact) mass is 474 g/mol. The lowest BCUT2D eigenvalue weighted by Gasteiger charge is -2.28. The number of nitrogens with zero attached hydrogens (tertiary/aromatic N) is 2. The van der Waals surface area contributed by atoms with Gasteiger partial charge in [0.05, 0.1) is 22.4 Å². The van der Waals surface area contributed by atoms with Crippen LogP contribution in [0.2, 0.25) is 0 Å². The van der Waals surface area contributed by atoms with E-state index in [2.05, 4.69) is 156 Å². The molecule has 0 bridgehead atoms. The highest BCUT2D eigenvalue weighted by Crippen LogP contribution is 2.44. The zero-order chi connectivity index (χ0) is 24.8. The van der Waals surface area contributed by atoms with E-state index in [0.717, 1.165) is 5.69 Å². The van der Waals surface area contributed by atoms with Crippen molar-refractivity contribution in [3.05, 3.63) is 145 Å². The molecule has 0 saturated carbocycles. The molecule has 6 aromatic carbocycles. The zero-order valence-electron chi connectivity index (χ0n) is 20.7. The van der Waals surface area contributed by atoms with Gasteiger partial charge in [-0.2, -0.15) is 0 Å². The van der Waals surface area contributed by atoms with Gasteiger partial charge < -0.3 is 9.47 Å². The van der Waals surface area contributed by atoms with Crippen LogP contribution in [0.1, 0.15) is 5.56 Å². The van der Waals surface area contributed by atoms with Crippen molar-refractivity contribution in [2.45, 2.75) is 6.92 Å². The van der Waals surface area contributed by atoms with E-state index < -0.39 is 0 Å². The Morgan fingerprint density at radius 2 is 1.11 bits per heavy atom. The molecular formula is C35H26N2. The van der Waals surface area contributed by atoms with Gasteiger partial charge in [0.2, 0.25) is 0 Å². The normalized spacial score (nSPS) is 11.4. The second-order valence-electron chi connectivity index (χ2n) is 9.48. The maximum Gasteiger partial charge on any atom is 0.0562 e. The molecular weight excluding hydrogens is 448 g/mol. The lowest BCUT2D eigenvalue weighted by atomic mass is 10.1.